The lowest BCUT2D eigenvalue weighted by atomic mass is 10.1. The van der Waals surface area contributed by atoms with Crippen LogP contribution in [0.4, 0.5) is 0 Å². The highest BCUT2D eigenvalue weighted by atomic mass is 32.2. The third-order valence-electron chi connectivity index (χ3n) is 1.45. The van der Waals surface area contributed by atoms with Crippen molar-refractivity contribution in [3.8, 4) is 0 Å². The topological polar surface area (TPSA) is 29.1 Å². The van der Waals surface area contributed by atoms with Gasteiger partial charge in [0, 0.05) is 0 Å². The van der Waals surface area contributed by atoms with Gasteiger partial charge in [-0.15, -0.1) is 0 Å². The predicted molar refractivity (Wildman–Crippen MR) is 46.5 cm³/mol. The van der Waals surface area contributed by atoms with E-state index in [0.29, 0.717) is 0 Å². The summed E-state index contributed by atoms with van der Waals surface area (Å²) in [6.45, 7) is 1.63. The second-order valence-electron chi connectivity index (χ2n) is 2.23. The van der Waals surface area contributed by atoms with Crippen molar-refractivity contribution in [1.29, 1.82) is 0 Å². The van der Waals surface area contributed by atoms with Gasteiger partial charge in [-0.1, -0.05) is 0 Å². The van der Waals surface area contributed by atoms with Crippen LogP contribution in [0.3, 0.4) is 0 Å². The van der Waals surface area contributed by atoms with Gasteiger partial charge in [-0.25, -0.2) is 0 Å². The minimum atomic E-state index is 0.0625. The molecule has 0 fully saturated rings. The number of ketones is 1. The SMILES string of the molecule is CNC(CCSC)C(C)=O. The number of thioether (sulfide) groups is 1. The van der Waals surface area contributed by atoms with Gasteiger partial charge in [0.1, 0.15) is 5.78 Å². The molecule has 1 unspecified atom stereocenters. The van der Waals surface area contributed by atoms with Crippen LogP contribution in [0.25, 0.3) is 0 Å². The van der Waals surface area contributed by atoms with Gasteiger partial charge in [0.25, 0.3) is 0 Å². The minimum absolute atomic E-state index is 0.0625. The Hall–Kier alpha value is -0.0200. The van der Waals surface area contributed by atoms with Crippen LogP contribution in [0.5, 0.6) is 0 Å². The molecule has 0 spiro atoms. The number of hydrogen-bond acceptors (Lipinski definition) is 3. The highest BCUT2D eigenvalue weighted by Gasteiger charge is 2.09. The first-order valence-corrected chi connectivity index (χ1v) is 4.78. The molecule has 10 heavy (non-hydrogen) atoms. The van der Waals surface area contributed by atoms with Crippen molar-refractivity contribution < 1.29 is 4.79 Å². The van der Waals surface area contributed by atoms with Crippen LogP contribution in [-0.2, 0) is 4.79 Å². The first-order valence-electron chi connectivity index (χ1n) is 3.39. The zero-order valence-corrected chi connectivity index (χ0v) is 7.62. The molecule has 0 saturated heterocycles. The molecule has 60 valence electrons. The average molecular weight is 161 g/mol. The quantitative estimate of drug-likeness (QED) is 0.650. The van der Waals surface area contributed by atoms with Crippen molar-refractivity contribution in [2.24, 2.45) is 0 Å². The number of hydrogen-bond donors (Lipinski definition) is 1. The molecule has 0 aromatic rings. The molecule has 0 aliphatic heterocycles. The first-order chi connectivity index (χ1) is 4.72. The smallest absolute Gasteiger partial charge is 0.146 e. The minimum Gasteiger partial charge on any atom is -0.311 e. The molecule has 3 heteroatoms. The van der Waals surface area contributed by atoms with Gasteiger partial charge in [-0.05, 0) is 32.4 Å². The van der Waals surface area contributed by atoms with Crippen molar-refractivity contribution in [3.63, 3.8) is 0 Å². The van der Waals surface area contributed by atoms with Crippen molar-refractivity contribution >= 4 is 17.5 Å². The largest absolute Gasteiger partial charge is 0.311 e. The Labute approximate surface area is 66.8 Å². The van der Waals surface area contributed by atoms with Gasteiger partial charge in [0.05, 0.1) is 6.04 Å². The molecule has 0 saturated carbocycles. The fraction of sp³-hybridized carbons (Fsp3) is 0.857. The van der Waals surface area contributed by atoms with Crippen LogP contribution in [0.1, 0.15) is 13.3 Å². The summed E-state index contributed by atoms with van der Waals surface area (Å²) in [7, 11) is 1.83. The molecule has 0 rings (SSSR count). The van der Waals surface area contributed by atoms with E-state index in [-0.39, 0.29) is 11.8 Å². The van der Waals surface area contributed by atoms with Crippen LogP contribution < -0.4 is 5.32 Å². The third-order valence-corrected chi connectivity index (χ3v) is 2.09. The summed E-state index contributed by atoms with van der Waals surface area (Å²) in [4.78, 5) is 10.8. The molecule has 1 N–H and O–H groups in total. The molecule has 0 amide bonds. The van der Waals surface area contributed by atoms with E-state index in [2.05, 4.69) is 5.32 Å². The van der Waals surface area contributed by atoms with Crippen LogP contribution in [0, 0.1) is 0 Å². The van der Waals surface area contributed by atoms with E-state index in [1.165, 1.54) is 0 Å². The number of carbonyl (C=O) groups excluding carboxylic acids is 1. The van der Waals surface area contributed by atoms with Gasteiger partial charge in [0.2, 0.25) is 0 Å². The number of rotatable bonds is 5. The summed E-state index contributed by atoms with van der Waals surface area (Å²) in [6.07, 6.45) is 2.99. The molecule has 0 aromatic carbocycles. The lowest BCUT2D eigenvalue weighted by Crippen LogP contribution is -2.32. The highest BCUT2D eigenvalue weighted by molar-refractivity contribution is 7.98. The molecular formula is C7H15NOS. The number of nitrogens with one attached hydrogen (secondary N) is 1. The standard InChI is InChI=1S/C7H15NOS/c1-6(9)7(8-2)4-5-10-3/h7-8H,4-5H2,1-3H3. The maximum Gasteiger partial charge on any atom is 0.146 e. The van der Waals surface area contributed by atoms with Crippen molar-refractivity contribution in [1.82, 2.24) is 5.32 Å². The summed E-state index contributed by atoms with van der Waals surface area (Å²) in [5.74, 6) is 1.28. The Morgan fingerprint density at radius 1 is 1.70 bits per heavy atom. The molecule has 0 aromatic heterocycles. The normalized spacial score (nSPS) is 13.1. The van der Waals surface area contributed by atoms with Gasteiger partial charge in [0.15, 0.2) is 0 Å². The van der Waals surface area contributed by atoms with E-state index in [0.717, 1.165) is 12.2 Å². The molecule has 0 heterocycles. The van der Waals surface area contributed by atoms with Gasteiger partial charge in [-0.3, -0.25) is 4.79 Å². The summed E-state index contributed by atoms with van der Waals surface area (Å²) in [5, 5.41) is 2.97. The van der Waals surface area contributed by atoms with Crippen LogP contribution >= 0.6 is 11.8 Å². The lowest BCUT2D eigenvalue weighted by Gasteiger charge is -2.10. The average Bonchev–Trinajstić information content (AvgIpc) is 1.89. The first kappa shape index (κ1) is 9.98. The van der Waals surface area contributed by atoms with E-state index in [4.69, 9.17) is 0 Å². The van der Waals surface area contributed by atoms with E-state index in [9.17, 15) is 4.79 Å². The lowest BCUT2D eigenvalue weighted by molar-refractivity contribution is -0.118. The fourth-order valence-electron chi connectivity index (χ4n) is 0.787. The second-order valence-corrected chi connectivity index (χ2v) is 3.22. The second kappa shape index (κ2) is 5.74. The Balaban J connectivity index is 3.50. The van der Waals surface area contributed by atoms with Crippen molar-refractivity contribution in [2.75, 3.05) is 19.1 Å². The Morgan fingerprint density at radius 2 is 2.30 bits per heavy atom. The van der Waals surface area contributed by atoms with E-state index >= 15 is 0 Å². The molecule has 0 bridgehead atoms. The zero-order valence-electron chi connectivity index (χ0n) is 6.81. The van der Waals surface area contributed by atoms with Gasteiger partial charge >= 0.3 is 0 Å². The van der Waals surface area contributed by atoms with Crippen molar-refractivity contribution in [2.45, 2.75) is 19.4 Å². The monoisotopic (exact) mass is 161 g/mol. The summed E-state index contributed by atoms with van der Waals surface area (Å²) in [5.41, 5.74) is 0. The molecular weight excluding hydrogens is 146 g/mol. The van der Waals surface area contributed by atoms with Gasteiger partial charge in [-0.2, -0.15) is 11.8 Å². The number of Topliss-reactive ketones (excluding diaryl/α,β-unsaturated/α-hetero) is 1. The molecule has 1 atom stereocenters. The summed E-state index contributed by atoms with van der Waals surface area (Å²) in [6, 6.07) is 0.0625. The molecule has 0 aliphatic rings. The van der Waals surface area contributed by atoms with E-state index in [1.807, 2.05) is 13.3 Å². The maximum atomic E-state index is 10.8. The van der Waals surface area contributed by atoms with Crippen LogP contribution in [-0.4, -0.2) is 30.9 Å². The van der Waals surface area contributed by atoms with E-state index in [1.54, 1.807) is 18.7 Å². The third kappa shape index (κ3) is 3.90. The maximum absolute atomic E-state index is 10.8. The molecule has 0 aliphatic carbocycles. The summed E-state index contributed by atoms with van der Waals surface area (Å²) >= 11 is 1.77. The predicted octanol–water partition coefficient (Wildman–Crippen LogP) is 0.916. The Morgan fingerprint density at radius 3 is 2.60 bits per heavy atom. The van der Waals surface area contributed by atoms with Crippen LogP contribution in [0.15, 0.2) is 0 Å². The number of carbonyl (C=O) groups is 1. The highest BCUT2D eigenvalue weighted by Crippen LogP contribution is 2.00. The van der Waals surface area contributed by atoms with Crippen LogP contribution in [0.2, 0.25) is 0 Å². The Kier molecular flexibility index (Phi) is 5.73. The number of likely N-dealkylation sites (N-methyl/N-ethyl adjacent to an activating group) is 1. The van der Waals surface area contributed by atoms with Gasteiger partial charge < -0.3 is 5.32 Å². The molecule has 2 nitrogen and oxygen atoms in total. The fourth-order valence-corrected chi connectivity index (χ4v) is 1.26. The molecule has 0 radical (unpaired) electrons. The van der Waals surface area contributed by atoms with E-state index < -0.39 is 0 Å². The Bertz CT molecular complexity index is 106. The summed E-state index contributed by atoms with van der Waals surface area (Å²) < 4.78 is 0. The van der Waals surface area contributed by atoms with Crippen molar-refractivity contribution in [3.05, 3.63) is 0 Å². The zero-order chi connectivity index (χ0) is 7.98.